The van der Waals surface area contributed by atoms with E-state index < -0.39 is 30.4 Å². The number of rotatable bonds is 3. The number of thiazole rings is 1. The standard InChI is InChI=1S/C11H14N4O4S/c1-6-5-13-10(20-6)14-11(19)15-3-2-12-9(18)7(15)4-8(16)17/h5,7H,2-4H2,1H3,(H,12,18)(H,16,17)(H,13,14,19). The number of carbonyl (C=O) groups is 3. The molecule has 1 aromatic heterocycles. The Hall–Kier alpha value is -2.16. The number of carboxylic acids is 1. The fourth-order valence-corrected chi connectivity index (χ4v) is 2.56. The molecule has 3 amide bonds. The molecular formula is C11H14N4O4S. The molecule has 0 radical (unpaired) electrons. The van der Waals surface area contributed by atoms with E-state index in [9.17, 15) is 14.4 Å². The van der Waals surface area contributed by atoms with Crippen molar-refractivity contribution in [2.24, 2.45) is 0 Å². The first-order valence-corrected chi connectivity index (χ1v) is 6.78. The van der Waals surface area contributed by atoms with Crippen molar-refractivity contribution < 1.29 is 19.5 Å². The molecule has 0 spiro atoms. The smallest absolute Gasteiger partial charge is 0.324 e. The zero-order chi connectivity index (χ0) is 14.7. The lowest BCUT2D eigenvalue weighted by atomic mass is 10.1. The molecule has 0 aliphatic carbocycles. The molecule has 0 aromatic carbocycles. The summed E-state index contributed by atoms with van der Waals surface area (Å²) in [4.78, 5) is 40.8. The second-order valence-electron chi connectivity index (χ2n) is 4.30. The molecule has 1 aliphatic rings. The maximum absolute atomic E-state index is 12.1. The molecule has 3 N–H and O–H groups in total. The van der Waals surface area contributed by atoms with Crippen LogP contribution in [-0.2, 0) is 9.59 Å². The number of hydrogen-bond acceptors (Lipinski definition) is 5. The van der Waals surface area contributed by atoms with Gasteiger partial charge < -0.3 is 15.3 Å². The molecular weight excluding hydrogens is 284 g/mol. The number of aryl methyl sites for hydroxylation is 1. The highest BCUT2D eigenvalue weighted by Crippen LogP contribution is 2.18. The highest BCUT2D eigenvalue weighted by Gasteiger charge is 2.34. The molecule has 8 nitrogen and oxygen atoms in total. The number of aromatic nitrogens is 1. The molecule has 20 heavy (non-hydrogen) atoms. The van der Waals surface area contributed by atoms with Crippen LogP contribution in [-0.4, -0.2) is 52.0 Å². The lowest BCUT2D eigenvalue weighted by Crippen LogP contribution is -2.58. The molecule has 108 valence electrons. The van der Waals surface area contributed by atoms with Crippen LogP contribution in [0.25, 0.3) is 0 Å². The summed E-state index contributed by atoms with van der Waals surface area (Å²) in [7, 11) is 0. The lowest BCUT2D eigenvalue weighted by molar-refractivity contribution is -0.142. The Morgan fingerprint density at radius 2 is 2.40 bits per heavy atom. The van der Waals surface area contributed by atoms with Crippen LogP contribution in [0.5, 0.6) is 0 Å². The van der Waals surface area contributed by atoms with Crippen molar-refractivity contribution in [3.8, 4) is 0 Å². The Labute approximate surface area is 118 Å². The van der Waals surface area contributed by atoms with Crippen molar-refractivity contribution in [2.75, 3.05) is 18.4 Å². The number of nitrogens with zero attached hydrogens (tertiary/aromatic N) is 2. The van der Waals surface area contributed by atoms with Gasteiger partial charge in [-0.2, -0.15) is 0 Å². The summed E-state index contributed by atoms with van der Waals surface area (Å²) < 4.78 is 0. The second kappa shape index (κ2) is 5.87. The molecule has 1 atom stereocenters. The van der Waals surface area contributed by atoms with E-state index in [4.69, 9.17) is 5.11 Å². The van der Waals surface area contributed by atoms with Gasteiger partial charge in [-0.1, -0.05) is 0 Å². The van der Waals surface area contributed by atoms with E-state index >= 15 is 0 Å². The van der Waals surface area contributed by atoms with Gasteiger partial charge in [-0.15, -0.1) is 11.3 Å². The van der Waals surface area contributed by atoms with E-state index in [1.54, 1.807) is 6.20 Å². The Morgan fingerprint density at radius 3 is 3.00 bits per heavy atom. The first-order valence-electron chi connectivity index (χ1n) is 5.97. The number of nitrogens with one attached hydrogen (secondary N) is 2. The van der Waals surface area contributed by atoms with Gasteiger partial charge in [0.15, 0.2) is 5.13 Å². The van der Waals surface area contributed by atoms with Crippen LogP contribution < -0.4 is 10.6 Å². The van der Waals surface area contributed by atoms with E-state index in [1.165, 1.54) is 16.2 Å². The molecule has 0 saturated carbocycles. The predicted molar refractivity (Wildman–Crippen MR) is 71.6 cm³/mol. The molecule has 1 saturated heterocycles. The number of hydrogen-bond donors (Lipinski definition) is 3. The summed E-state index contributed by atoms with van der Waals surface area (Å²) in [5, 5.41) is 14.4. The first-order chi connectivity index (χ1) is 9.47. The number of urea groups is 1. The number of anilines is 1. The molecule has 2 rings (SSSR count). The van der Waals surface area contributed by atoms with E-state index in [2.05, 4.69) is 15.6 Å². The monoisotopic (exact) mass is 298 g/mol. The summed E-state index contributed by atoms with van der Waals surface area (Å²) in [6, 6.07) is -1.51. The number of carboxylic acid groups (broad SMARTS) is 1. The van der Waals surface area contributed by atoms with Gasteiger partial charge >= 0.3 is 12.0 Å². The summed E-state index contributed by atoms with van der Waals surface area (Å²) in [5.41, 5.74) is 0. The second-order valence-corrected chi connectivity index (χ2v) is 5.54. The Bertz CT molecular complexity index is 544. The van der Waals surface area contributed by atoms with Crippen molar-refractivity contribution in [3.05, 3.63) is 11.1 Å². The predicted octanol–water partition coefficient (Wildman–Crippen LogP) is 0.259. The van der Waals surface area contributed by atoms with E-state index in [1.807, 2.05) is 6.92 Å². The van der Waals surface area contributed by atoms with Crippen LogP contribution in [0.2, 0.25) is 0 Å². The Morgan fingerprint density at radius 1 is 1.65 bits per heavy atom. The minimum atomic E-state index is -1.13. The minimum absolute atomic E-state index is 0.264. The van der Waals surface area contributed by atoms with Crippen LogP contribution >= 0.6 is 11.3 Å². The Balaban J connectivity index is 2.08. The van der Waals surface area contributed by atoms with Crippen LogP contribution in [0.3, 0.4) is 0 Å². The third-order valence-electron chi connectivity index (χ3n) is 2.79. The van der Waals surface area contributed by atoms with Crippen LogP contribution in [0.15, 0.2) is 6.20 Å². The fourth-order valence-electron chi connectivity index (χ4n) is 1.90. The highest BCUT2D eigenvalue weighted by molar-refractivity contribution is 7.15. The molecule has 9 heteroatoms. The lowest BCUT2D eigenvalue weighted by Gasteiger charge is -2.33. The van der Waals surface area contributed by atoms with Gasteiger partial charge in [0.1, 0.15) is 6.04 Å². The maximum Gasteiger partial charge on any atom is 0.324 e. The molecule has 1 fully saturated rings. The third-order valence-corrected chi connectivity index (χ3v) is 3.62. The largest absolute Gasteiger partial charge is 0.481 e. The normalized spacial score (nSPS) is 18.6. The third kappa shape index (κ3) is 3.23. The van der Waals surface area contributed by atoms with Crippen molar-refractivity contribution >= 4 is 34.4 Å². The summed E-state index contributed by atoms with van der Waals surface area (Å²) in [6.07, 6.45) is 1.20. The van der Waals surface area contributed by atoms with Crippen molar-refractivity contribution in [2.45, 2.75) is 19.4 Å². The van der Waals surface area contributed by atoms with E-state index in [0.29, 0.717) is 11.7 Å². The Kier molecular flexibility index (Phi) is 4.18. The molecule has 1 aliphatic heterocycles. The molecule has 1 aromatic rings. The van der Waals surface area contributed by atoms with Gasteiger partial charge in [-0.05, 0) is 6.92 Å². The molecule has 1 unspecified atom stereocenters. The average molecular weight is 298 g/mol. The van der Waals surface area contributed by atoms with Gasteiger partial charge in [-0.3, -0.25) is 14.9 Å². The summed E-state index contributed by atoms with van der Waals surface area (Å²) in [5.74, 6) is -1.58. The minimum Gasteiger partial charge on any atom is -0.481 e. The SMILES string of the molecule is Cc1cnc(NC(=O)N2CCNC(=O)C2CC(=O)O)s1. The number of amides is 3. The molecule has 0 bridgehead atoms. The summed E-state index contributed by atoms with van der Waals surface area (Å²) >= 11 is 1.31. The topological polar surface area (TPSA) is 112 Å². The van der Waals surface area contributed by atoms with Crippen LogP contribution in [0, 0.1) is 6.92 Å². The summed E-state index contributed by atoms with van der Waals surface area (Å²) in [6.45, 7) is 2.42. The van der Waals surface area contributed by atoms with Crippen LogP contribution in [0.1, 0.15) is 11.3 Å². The van der Waals surface area contributed by atoms with Gasteiger partial charge in [0.25, 0.3) is 0 Å². The first kappa shape index (κ1) is 14.3. The van der Waals surface area contributed by atoms with Gasteiger partial charge in [0.2, 0.25) is 5.91 Å². The fraction of sp³-hybridized carbons (Fsp3) is 0.455. The van der Waals surface area contributed by atoms with Gasteiger partial charge in [-0.25, -0.2) is 9.78 Å². The van der Waals surface area contributed by atoms with Crippen molar-refractivity contribution in [3.63, 3.8) is 0 Å². The quantitative estimate of drug-likeness (QED) is 0.741. The van der Waals surface area contributed by atoms with Gasteiger partial charge in [0, 0.05) is 24.2 Å². The van der Waals surface area contributed by atoms with Crippen LogP contribution in [0.4, 0.5) is 9.93 Å². The zero-order valence-corrected chi connectivity index (χ0v) is 11.6. The zero-order valence-electron chi connectivity index (χ0n) is 10.8. The van der Waals surface area contributed by atoms with Crippen molar-refractivity contribution in [1.29, 1.82) is 0 Å². The van der Waals surface area contributed by atoms with Gasteiger partial charge in [0.05, 0.1) is 6.42 Å². The van der Waals surface area contributed by atoms with Crippen molar-refractivity contribution in [1.82, 2.24) is 15.2 Å². The molecule has 2 heterocycles. The number of carbonyl (C=O) groups excluding carboxylic acids is 2. The van der Waals surface area contributed by atoms with E-state index in [-0.39, 0.29) is 6.54 Å². The number of aliphatic carboxylic acids is 1. The highest BCUT2D eigenvalue weighted by atomic mass is 32.1. The average Bonchev–Trinajstić information content (AvgIpc) is 2.76. The van der Waals surface area contributed by atoms with E-state index in [0.717, 1.165) is 4.88 Å². The maximum atomic E-state index is 12.1. The number of piperazine rings is 1.